The Bertz CT molecular complexity index is 629. The van der Waals surface area contributed by atoms with Gasteiger partial charge in [-0.1, -0.05) is 53.9 Å². The van der Waals surface area contributed by atoms with Crippen molar-refractivity contribution in [1.82, 2.24) is 0 Å². The van der Waals surface area contributed by atoms with Crippen LogP contribution in [0.2, 0.25) is 0 Å². The Morgan fingerprint density at radius 1 is 0.952 bits per heavy atom. The van der Waals surface area contributed by atoms with Crippen LogP contribution in [0.3, 0.4) is 0 Å². The standard InChI is InChI=1S/C16H15Br3O2/c1-3-21-14-7-5-10(17)8-13(14)16(19)12-6-4-11(18)9-15(12)20-2/h4-9,16H,3H2,1-2H3. The molecule has 5 heteroatoms. The van der Waals surface area contributed by atoms with Gasteiger partial charge in [0.05, 0.1) is 18.5 Å². The molecule has 0 radical (unpaired) electrons. The highest BCUT2D eigenvalue weighted by Gasteiger charge is 2.19. The second kappa shape index (κ2) is 7.65. The average molecular weight is 479 g/mol. The SMILES string of the molecule is CCOc1ccc(Br)cc1C(Br)c1ccc(Br)cc1OC. The molecule has 0 N–H and O–H groups in total. The third kappa shape index (κ3) is 4.02. The van der Waals surface area contributed by atoms with Gasteiger partial charge in [-0.05, 0) is 37.3 Å². The topological polar surface area (TPSA) is 18.5 Å². The highest BCUT2D eigenvalue weighted by Crippen LogP contribution is 2.42. The van der Waals surface area contributed by atoms with Crippen molar-refractivity contribution in [2.24, 2.45) is 0 Å². The first-order chi connectivity index (χ1) is 10.1. The number of methoxy groups -OCH3 is 1. The van der Waals surface area contributed by atoms with E-state index in [1.807, 2.05) is 37.3 Å². The fourth-order valence-electron chi connectivity index (χ4n) is 2.07. The van der Waals surface area contributed by atoms with E-state index in [2.05, 4.69) is 53.9 Å². The van der Waals surface area contributed by atoms with Crippen LogP contribution in [0.4, 0.5) is 0 Å². The molecular formula is C16H15Br3O2. The quantitative estimate of drug-likeness (QED) is 0.483. The molecule has 0 fully saturated rings. The van der Waals surface area contributed by atoms with E-state index in [0.29, 0.717) is 6.61 Å². The monoisotopic (exact) mass is 476 g/mol. The third-order valence-corrected chi connectivity index (χ3v) is 4.99. The molecule has 0 aliphatic heterocycles. The Hall–Kier alpha value is -0.520. The van der Waals surface area contributed by atoms with Gasteiger partial charge in [-0.25, -0.2) is 0 Å². The Morgan fingerprint density at radius 3 is 2.29 bits per heavy atom. The lowest BCUT2D eigenvalue weighted by Crippen LogP contribution is -2.02. The van der Waals surface area contributed by atoms with Crippen LogP contribution in [0.15, 0.2) is 45.3 Å². The molecule has 0 aliphatic carbocycles. The minimum atomic E-state index is -0.0143. The number of alkyl halides is 1. The van der Waals surface area contributed by atoms with Gasteiger partial charge in [-0.2, -0.15) is 0 Å². The van der Waals surface area contributed by atoms with E-state index in [4.69, 9.17) is 9.47 Å². The predicted molar refractivity (Wildman–Crippen MR) is 96.8 cm³/mol. The van der Waals surface area contributed by atoms with Crippen LogP contribution in [0, 0.1) is 0 Å². The molecule has 21 heavy (non-hydrogen) atoms. The van der Waals surface area contributed by atoms with E-state index in [-0.39, 0.29) is 4.83 Å². The summed E-state index contributed by atoms with van der Waals surface area (Å²) < 4.78 is 13.2. The number of benzene rings is 2. The van der Waals surface area contributed by atoms with E-state index in [1.165, 1.54) is 0 Å². The van der Waals surface area contributed by atoms with Crippen LogP contribution < -0.4 is 9.47 Å². The smallest absolute Gasteiger partial charge is 0.124 e. The lowest BCUT2D eigenvalue weighted by Gasteiger charge is -2.18. The van der Waals surface area contributed by atoms with E-state index >= 15 is 0 Å². The molecule has 0 aromatic heterocycles. The fourth-order valence-corrected chi connectivity index (χ4v) is 3.52. The molecule has 0 amide bonds. The average Bonchev–Trinajstić information content (AvgIpc) is 2.48. The Balaban J connectivity index is 2.48. The molecule has 1 atom stereocenters. The van der Waals surface area contributed by atoms with Crippen LogP contribution >= 0.6 is 47.8 Å². The molecule has 0 bridgehead atoms. The Morgan fingerprint density at radius 2 is 1.62 bits per heavy atom. The summed E-state index contributed by atoms with van der Waals surface area (Å²) in [7, 11) is 1.68. The first-order valence-electron chi connectivity index (χ1n) is 6.46. The van der Waals surface area contributed by atoms with Crippen molar-refractivity contribution in [3.05, 3.63) is 56.5 Å². The van der Waals surface area contributed by atoms with Crippen molar-refractivity contribution in [2.75, 3.05) is 13.7 Å². The van der Waals surface area contributed by atoms with Crippen molar-refractivity contribution in [1.29, 1.82) is 0 Å². The minimum absolute atomic E-state index is 0.0143. The summed E-state index contributed by atoms with van der Waals surface area (Å²) in [5.41, 5.74) is 2.12. The lowest BCUT2D eigenvalue weighted by atomic mass is 10.0. The number of halogens is 3. The molecule has 1 unspecified atom stereocenters. The van der Waals surface area contributed by atoms with E-state index < -0.39 is 0 Å². The highest BCUT2D eigenvalue weighted by atomic mass is 79.9. The summed E-state index contributed by atoms with van der Waals surface area (Å²) in [6, 6.07) is 12.0. The maximum atomic E-state index is 5.73. The summed E-state index contributed by atoms with van der Waals surface area (Å²) in [6.07, 6.45) is 0. The van der Waals surface area contributed by atoms with E-state index in [0.717, 1.165) is 31.6 Å². The number of ether oxygens (including phenoxy) is 2. The molecule has 0 heterocycles. The molecule has 0 aliphatic rings. The molecule has 2 nitrogen and oxygen atoms in total. The molecular weight excluding hydrogens is 464 g/mol. The Labute approximate surface area is 150 Å². The summed E-state index contributed by atoms with van der Waals surface area (Å²) in [5, 5.41) is 0. The molecule has 112 valence electrons. The van der Waals surface area contributed by atoms with Crippen LogP contribution in [0.1, 0.15) is 22.9 Å². The molecule has 0 saturated heterocycles. The maximum Gasteiger partial charge on any atom is 0.124 e. The van der Waals surface area contributed by atoms with Gasteiger partial charge < -0.3 is 9.47 Å². The van der Waals surface area contributed by atoms with Gasteiger partial charge >= 0.3 is 0 Å². The van der Waals surface area contributed by atoms with Gasteiger partial charge in [-0.15, -0.1) is 0 Å². The first kappa shape index (κ1) is 16.8. The maximum absolute atomic E-state index is 5.73. The summed E-state index contributed by atoms with van der Waals surface area (Å²) in [5.74, 6) is 1.70. The van der Waals surface area contributed by atoms with Crippen LogP contribution in [-0.4, -0.2) is 13.7 Å². The predicted octanol–water partition coefficient (Wildman–Crippen LogP) is 6.10. The minimum Gasteiger partial charge on any atom is -0.496 e. The summed E-state index contributed by atoms with van der Waals surface area (Å²) in [4.78, 5) is -0.0143. The first-order valence-corrected chi connectivity index (χ1v) is 8.96. The van der Waals surface area contributed by atoms with E-state index in [1.54, 1.807) is 7.11 Å². The van der Waals surface area contributed by atoms with Gasteiger partial charge in [0, 0.05) is 20.1 Å². The summed E-state index contributed by atoms with van der Waals surface area (Å²) >= 11 is 10.8. The number of hydrogen-bond donors (Lipinski definition) is 0. The van der Waals surface area contributed by atoms with Crippen molar-refractivity contribution >= 4 is 47.8 Å². The lowest BCUT2D eigenvalue weighted by molar-refractivity contribution is 0.337. The van der Waals surface area contributed by atoms with Gasteiger partial charge in [0.1, 0.15) is 11.5 Å². The third-order valence-electron chi connectivity index (χ3n) is 3.01. The van der Waals surface area contributed by atoms with Gasteiger partial charge in [0.15, 0.2) is 0 Å². The zero-order valence-corrected chi connectivity index (χ0v) is 16.5. The van der Waals surface area contributed by atoms with Crippen molar-refractivity contribution < 1.29 is 9.47 Å². The second-order valence-corrected chi connectivity index (χ2v) is 7.11. The number of hydrogen-bond acceptors (Lipinski definition) is 2. The second-order valence-electron chi connectivity index (χ2n) is 4.36. The summed E-state index contributed by atoms with van der Waals surface area (Å²) in [6.45, 7) is 2.61. The zero-order chi connectivity index (χ0) is 15.4. The highest BCUT2D eigenvalue weighted by molar-refractivity contribution is 9.10. The molecule has 2 rings (SSSR count). The van der Waals surface area contributed by atoms with Gasteiger partial charge in [0.2, 0.25) is 0 Å². The molecule has 2 aromatic carbocycles. The van der Waals surface area contributed by atoms with Crippen molar-refractivity contribution in [3.8, 4) is 11.5 Å². The van der Waals surface area contributed by atoms with Gasteiger partial charge in [0.25, 0.3) is 0 Å². The van der Waals surface area contributed by atoms with E-state index in [9.17, 15) is 0 Å². The molecule has 2 aromatic rings. The van der Waals surface area contributed by atoms with Crippen molar-refractivity contribution in [2.45, 2.75) is 11.8 Å². The zero-order valence-electron chi connectivity index (χ0n) is 11.7. The fraction of sp³-hybridized carbons (Fsp3) is 0.250. The Kier molecular flexibility index (Phi) is 6.14. The van der Waals surface area contributed by atoms with Crippen LogP contribution in [0.5, 0.6) is 11.5 Å². The van der Waals surface area contributed by atoms with Crippen LogP contribution in [-0.2, 0) is 0 Å². The van der Waals surface area contributed by atoms with Crippen molar-refractivity contribution in [3.63, 3.8) is 0 Å². The largest absolute Gasteiger partial charge is 0.496 e. The normalized spacial score (nSPS) is 12.0. The molecule has 0 spiro atoms. The number of rotatable bonds is 5. The van der Waals surface area contributed by atoms with Crippen LogP contribution in [0.25, 0.3) is 0 Å². The molecule has 0 saturated carbocycles. The van der Waals surface area contributed by atoms with Gasteiger partial charge in [-0.3, -0.25) is 0 Å².